The Hall–Kier alpha value is -1.27. The molecule has 0 fully saturated rings. The molecule has 3 aromatic carbocycles. The molecule has 29 heavy (non-hydrogen) atoms. The van der Waals surface area contributed by atoms with E-state index in [2.05, 4.69) is 47.8 Å². The van der Waals surface area contributed by atoms with Crippen LogP contribution in [0.15, 0.2) is 68.0 Å². The van der Waals surface area contributed by atoms with E-state index in [4.69, 9.17) is 13.6 Å². The Bertz CT molecular complexity index is 965. The molecular weight excluding hydrogens is 587 g/mol. The van der Waals surface area contributed by atoms with Crippen LogP contribution in [0.2, 0.25) is 0 Å². The summed E-state index contributed by atoms with van der Waals surface area (Å²) in [4.78, 5) is 0. The summed E-state index contributed by atoms with van der Waals surface area (Å²) in [7, 11) is -4.04. The van der Waals surface area contributed by atoms with Crippen molar-refractivity contribution in [3.8, 4) is 17.2 Å². The minimum atomic E-state index is -4.04. The summed E-state index contributed by atoms with van der Waals surface area (Å²) in [5.74, 6) is 1.16. The molecule has 0 unspecified atom stereocenters. The van der Waals surface area contributed by atoms with Crippen molar-refractivity contribution in [2.75, 3.05) is 0 Å². The molecule has 0 aliphatic rings. The van der Waals surface area contributed by atoms with E-state index in [0.717, 1.165) is 30.1 Å². The summed E-state index contributed by atoms with van der Waals surface area (Å²) in [6.07, 6.45) is 0. The van der Waals surface area contributed by atoms with Crippen molar-refractivity contribution in [1.29, 1.82) is 0 Å². The van der Waals surface area contributed by atoms with Gasteiger partial charge in [0.1, 0.15) is 17.2 Å². The van der Waals surface area contributed by atoms with Gasteiger partial charge in [0.15, 0.2) is 0 Å². The number of phosphoric acid groups is 1. The van der Waals surface area contributed by atoms with Crippen molar-refractivity contribution >= 4 is 55.6 Å². The third kappa shape index (κ3) is 5.88. The molecule has 0 aliphatic carbocycles. The Balaban J connectivity index is 1.96. The van der Waals surface area contributed by atoms with E-state index in [0.29, 0.717) is 17.2 Å². The predicted molar refractivity (Wildman–Crippen MR) is 126 cm³/mol. The zero-order valence-electron chi connectivity index (χ0n) is 15.9. The molecule has 0 bridgehead atoms. The number of aryl methyl sites for hydroxylation is 3. The lowest BCUT2D eigenvalue weighted by molar-refractivity contribution is 0.298. The topological polar surface area (TPSA) is 44.8 Å². The molecule has 0 heterocycles. The Labute approximate surface area is 195 Å². The third-order valence-corrected chi connectivity index (χ3v) is 8.01. The molecule has 0 atom stereocenters. The van der Waals surface area contributed by atoms with Gasteiger partial charge in [0.05, 0.1) is 0 Å². The van der Waals surface area contributed by atoms with Gasteiger partial charge in [0.25, 0.3) is 0 Å². The first kappa shape index (κ1) is 22.4. The average molecular weight is 605 g/mol. The normalized spacial score (nSPS) is 11.2. The number of hydrogen-bond acceptors (Lipinski definition) is 4. The standard InChI is InChI=1S/C21H18Br3O4P/c1-13-10-16(4-7-19(13)22)26-29(25,27-17-5-8-20(23)14(2)11-17)28-18-6-9-21(24)15(3)12-18/h4-12H,1-3H3. The highest BCUT2D eigenvalue weighted by molar-refractivity contribution is 9.11. The van der Waals surface area contributed by atoms with Crippen LogP contribution in [-0.2, 0) is 4.57 Å². The van der Waals surface area contributed by atoms with Gasteiger partial charge in [-0.3, -0.25) is 0 Å². The van der Waals surface area contributed by atoms with Gasteiger partial charge in [-0.25, -0.2) is 0 Å². The van der Waals surface area contributed by atoms with Gasteiger partial charge in [-0.05, 0) is 92.1 Å². The van der Waals surface area contributed by atoms with Crippen LogP contribution >= 0.6 is 55.6 Å². The van der Waals surface area contributed by atoms with E-state index in [1.54, 1.807) is 36.4 Å². The van der Waals surface area contributed by atoms with Crippen LogP contribution in [0.4, 0.5) is 0 Å². The summed E-state index contributed by atoms with van der Waals surface area (Å²) >= 11 is 10.4. The zero-order chi connectivity index (χ0) is 21.2. The first-order chi connectivity index (χ1) is 13.6. The summed E-state index contributed by atoms with van der Waals surface area (Å²) in [6, 6.07) is 15.9. The zero-order valence-corrected chi connectivity index (χ0v) is 21.6. The highest BCUT2D eigenvalue weighted by Crippen LogP contribution is 2.50. The number of hydrogen-bond donors (Lipinski definition) is 0. The second-order valence-corrected chi connectivity index (χ2v) is 10.5. The van der Waals surface area contributed by atoms with E-state index < -0.39 is 7.82 Å². The number of phosphoric ester groups is 1. The largest absolute Gasteiger partial charge is 0.647 e. The van der Waals surface area contributed by atoms with Crippen LogP contribution in [0, 0.1) is 20.8 Å². The summed E-state index contributed by atoms with van der Waals surface area (Å²) in [6.45, 7) is 5.75. The lowest BCUT2D eigenvalue weighted by Gasteiger charge is -2.20. The van der Waals surface area contributed by atoms with Crippen molar-refractivity contribution < 1.29 is 18.1 Å². The van der Waals surface area contributed by atoms with Gasteiger partial charge in [-0.1, -0.05) is 47.8 Å². The molecule has 0 N–H and O–H groups in total. The van der Waals surface area contributed by atoms with E-state index in [1.807, 2.05) is 39.0 Å². The summed E-state index contributed by atoms with van der Waals surface area (Å²) in [5.41, 5.74) is 2.81. The van der Waals surface area contributed by atoms with Crippen molar-refractivity contribution in [2.24, 2.45) is 0 Å². The van der Waals surface area contributed by atoms with Gasteiger partial charge in [0.2, 0.25) is 0 Å². The maximum atomic E-state index is 13.6. The smallest absolute Gasteiger partial charge is 0.386 e. The molecule has 0 radical (unpaired) electrons. The predicted octanol–water partition coefficient (Wildman–Crippen LogP) is 8.54. The molecular formula is C21H18Br3O4P. The maximum Gasteiger partial charge on any atom is 0.647 e. The molecule has 3 aromatic rings. The number of benzene rings is 3. The van der Waals surface area contributed by atoms with Crippen LogP contribution in [0.1, 0.15) is 16.7 Å². The van der Waals surface area contributed by atoms with Gasteiger partial charge in [0, 0.05) is 13.4 Å². The molecule has 0 amide bonds. The first-order valence-electron chi connectivity index (χ1n) is 8.62. The summed E-state index contributed by atoms with van der Waals surface area (Å²) < 4.78 is 33.6. The fourth-order valence-corrected chi connectivity index (χ4v) is 4.43. The Morgan fingerprint density at radius 3 is 1.10 bits per heavy atom. The lowest BCUT2D eigenvalue weighted by Crippen LogP contribution is -2.08. The second kappa shape index (κ2) is 9.25. The van der Waals surface area contributed by atoms with Crippen molar-refractivity contribution in [1.82, 2.24) is 0 Å². The Morgan fingerprint density at radius 2 is 0.862 bits per heavy atom. The fourth-order valence-electron chi connectivity index (χ4n) is 2.47. The van der Waals surface area contributed by atoms with Crippen LogP contribution in [-0.4, -0.2) is 0 Å². The van der Waals surface area contributed by atoms with Crippen molar-refractivity contribution in [3.05, 3.63) is 84.7 Å². The molecule has 0 saturated carbocycles. The Kier molecular flexibility index (Phi) is 7.15. The maximum absolute atomic E-state index is 13.6. The fraction of sp³-hybridized carbons (Fsp3) is 0.143. The van der Waals surface area contributed by atoms with Gasteiger partial charge in [-0.15, -0.1) is 0 Å². The summed E-state index contributed by atoms with van der Waals surface area (Å²) in [5, 5.41) is 0. The van der Waals surface area contributed by atoms with E-state index >= 15 is 0 Å². The molecule has 0 aliphatic heterocycles. The molecule has 0 spiro atoms. The minimum Gasteiger partial charge on any atom is -0.386 e. The molecule has 0 aromatic heterocycles. The average Bonchev–Trinajstić information content (AvgIpc) is 2.64. The van der Waals surface area contributed by atoms with Gasteiger partial charge in [-0.2, -0.15) is 4.57 Å². The molecule has 4 nitrogen and oxygen atoms in total. The van der Waals surface area contributed by atoms with Crippen LogP contribution in [0.25, 0.3) is 0 Å². The SMILES string of the molecule is Cc1cc(OP(=O)(Oc2ccc(Br)c(C)c2)Oc2ccc(Br)c(C)c2)ccc1Br. The molecule has 0 saturated heterocycles. The van der Waals surface area contributed by atoms with Gasteiger partial charge < -0.3 is 13.6 Å². The van der Waals surface area contributed by atoms with E-state index in [9.17, 15) is 4.57 Å². The molecule has 3 rings (SSSR count). The highest BCUT2D eigenvalue weighted by Gasteiger charge is 2.33. The van der Waals surface area contributed by atoms with E-state index in [1.165, 1.54) is 0 Å². The quantitative estimate of drug-likeness (QED) is 0.265. The van der Waals surface area contributed by atoms with Crippen LogP contribution in [0.3, 0.4) is 0 Å². The van der Waals surface area contributed by atoms with E-state index in [-0.39, 0.29) is 0 Å². The van der Waals surface area contributed by atoms with Gasteiger partial charge >= 0.3 is 7.82 Å². The first-order valence-corrected chi connectivity index (χ1v) is 12.5. The third-order valence-electron chi connectivity index (χ3n) is 4.04. The number of rotatable bonds is 6. The molecule has 152 valence electrons. The highest BCUT2D eigenvalue weighted by atomic mass is 79.9. The minimum absolute atomic E-state index is 0.386. The van der Waals surface area contributed by atoms with Crippen molar-refractivity contribution in [3.63, 3.8) is 0 Å². The second-order valence-electron chi connectivity index (χ2n) is 6.45. The monoisotopic (exact) mass is 602 g/mol. The lowest BCUT2D eigenvalue weighted by atomic mass is 10.2. The van der Waals surface area contributed by atoms with Crippen LogP contribution < -0.4 is 13.6 Å². The number of halogens is 3. The Morgan fingerprint density at radius 1 is 0.586 bits per heavy atom. The van der Waals surface area contributed by atoms with Crippen molar-refractivity contribution in [2.45, 2.75) is 20.8 Å². The van der Waals surface area contributed by atoms with Crippen LogP contribution in [0.5, 0.6) is 17.2 Å². The molecule has 8 heteroatoms.